The summed E-state index contributed by atoms with van der Waals surface area (Å²) >= 11 is 0. The highest BCUT2D eigenvalue weighted by molar-refractivity contribution is 5.91. The zero-order valence-corrected chi connectivity index (χ0v) is 21.0. The second-order valence-corrected chi connectivity index (χ2v) is 10.8. The summed E-state index contributed by atoms with van der Waals surface area (Å²) in [6.45, 7) is 5.43. The van der Waals surface area contributed by atoms with Gasteiger partial charge in [0.1, 0.15) is 11.9 Å². The molecule has 3 fully saturated rings. The van der Waals surface area contributed by atoms with Crippen molar-refractivity contribution in [3.05, 3.63) is 35.8 Å². The maximum Gasteiger partial charge on any atom is 0.245 e. The fraction of sp³-hybridized carbons (Fsp3) is 0.630. The highest BCUT2D eigenvalue weighted by Crippen LogP contribution is 2.47. The number of aromatic nitrogens is 1. The summed E-state index contributed by atoms with van der Waals surface area (Å²) in [5.74, 6) is -0.123. The van der Waals surface area contributed by atoms with Crippen LogP contribution in [0.25, 0.3) is 10.9 Å². The van der Waals surface area contributed by atoms with E-state index in [1.54, 1.807) is 7.05 Å². The third-order valence-corrected chi connectivity index (χ3v) is 9.03. The van der Waals surface area contributed by atoms with Gasteiger partial charge < -0.3 is 25.8 Å². The van der Waals surface area contributed by atoms with Gasteiger partial charge in [0.05, 0.1) is 11.6 Å². The van der Waals surface area contributed by atoms with Gasteiger partial charge in [-0.3, -0.25) is 9.59 Å². The van der Waals surface area contributed by atoms with Gasteiger partial charge in [0.25, 0.3) is 0 Å². The summed E-state index contributed by atoms with van der Waals surface area (Å²) in [6, 6.07) is 4.17. The van der Waals surface area contributed by atoms with Gasteiger partial charge in [-0.2, -0.15) is 0 Å². The lowest BCUT2D eigenvalue weighted by Crippen LogP contribution is -2.61. The zero-order chi connectivity index (χ0) is 24.7. The summed E-state index contributed by atoms with van der Waals surface area (Å²) in [5.41, 5.74) is 1.46. The third kappa shape index (κ3) is 4.14. The first kappa shape index (κ1) is 24.3. The number of H-pyrrole nitrogens is 1. The summed E-state index contributed by atoms with van der Waals surface area (Å²) in [4.78, 5) is 32.4. The SMILES string of the molecule is CN[C@@H](C)C(=O)NC(C(=O)N1CC[C@H]2NCC(c3c[nH]c4cc(F)ccc34)[C@]21C)C1CCCCC1. The molecule has 4 N–H and O–H groups in total. The molecule has 5 atom stereocenters. The van der Waals surface area contributed by atoms with Crippen LogP contribution in [0, 0.1) is 11.7 Å². The minimum absolute atomic E-state index is 0.0399. The molecule has 3 heterocycles. The van der Waals surface area contributed by atoms with E-state index in [-0.39, 0.29) is 41.6 Å². The number of rotatable bonds is 6. The Balaban J connectivity index is 1.47. The van der Waals surface area contributed by atoms with E-state index in [0.717, 1.165) is 55.1 Å². The van der Waals surface area contributed by atoms with Crippen molar-refractivity contribution in [1.29, 1.82) is 0 Å². The summed E-state index contributed by atoms with van der Waals surface area (Å²) < 4.78 is 13.8. The number of likely N-dealkylation sites (N-methyl/N-ethyl adjacent to an activating group) is 1. The molecule has 5 rings (SSSR count). The lowest BCUT2D eigenvalue weighted by molar-refractivity contribution is -0.142. The zero-order valence-electron chi connectivity index (χ0n) is 21.0. The molecule has 2 amide bonds. The average molecular weight is 484 g/mol. The van der Waals surface area contributed by atoms with Crippen LogP contribution in [-0.4, -0.2) is 65.5 Å². The number of nitrogens with one attached hydrogen (secondary N) is 4. The van der Waals surface area contributed by atoms with Gasteiger partial charge in [0, 0.05) is 42.1 Å². The molecular formula is C27H38FN5O2. The number of halogens is 1. The van der Waals surface area contributed by atoms with Gasteiger partial charge in [-0.25, -0.2) is 4.39 Å². The molecule has 1 aromatic carbocycles. The van der Waals surface area contributed by atoms with E-state index in [0.29, 0.717) is 6.54 Å². The van der Waals surface area contributed by atoms with Gasteiger partial charge in [0.15, 0.2) is 0 Å². The maximum atomic E-state index is 14.3. The first-order chi connectivity index (χ1) is 16.8. The summed E-state index contributed by atoms with van der Waals surface area (Å²) in [5, 5.41) is 10.8. The number of hydrogen-bond acceptors (Lipinski definition) is 4. The predicted molar refractivity (Wildman–Crippen MR) is 135 cm³/mol. The minimum Gasteiger partial charge on any atom is -0.361 e. The van der Waals surface area contributed by atoms with Crippen LogP contribution in [0.3, 0.4) is 0 Å². The predicted octanol–water partition coefficient (Wildman–Crippen LogP) is 3.03. The van der Waals surface area contributed by atoms with Crippen molar-refractivity contribution in [2.24, 2.45) is 5.92 Å². The quantitative estimate of drug-likeness (QED) is 0.509. The Hall–Kier alpha value is -2.45. The van der Waals surface area contributed by atoms with Gasteiger partial charge in [-0.1, -0.05) is 19.3 Å². The van der Waals surface area contributed by atoms with E-state index in [4.69, 9.17) is 0 Å². The first-order valence-corrected chi connectivity index (χ1v) is 13.1. The maximum absolute atomic E-state index is 14.3. The Bertz CT molecular complexity index is 1100. The fourth-order valence-corrected chi connectivity index (χ4v) is 6.79. The molecule has 2 saturated heterocycles. The second-order valence-electron chi connectivity index (χ2n) is 10.8. The van der Waals surface area contributed by atoms with Gasteiger partial charge in [-0.05, 0) is 69.8 Å². The molecule has 0 radical (unpaired) electrons. The Kier molecular flexibility index (Phi) is 6.61. The second kappa shape index (κ2) is 9.54. The molecule has 0 spiro atoms. The van der Waals surface area contributed by atoms with Crippen molar-refractivity contribution in [2.45, 2.75) is 82.0 Å². The highest BCUT2D eigenvalue weighted by Gasteiger charge is 2.57. The van der Waals surface area contributed by atoms with Gasteiger partial charge in [0.2, 0.25) is 11.8 Å². The van der Waals surface area contributed by atoms with Crippen molar-refractivity contribution >= 4 is 22.7 Å². The molecule has 2 aromatic rings. The highest BCUT2D eigenvalue weighted by atomic mass is 19.1. The molecule has 35 heavy (non-hydrogen) atoms. The van der Waals surface area contributed by atoms with Crippen LogP contribution >= 0.6 is 0 Å². The van der Waals surface area contributed by atoms with Crippen LogP contribution in [0.1, 0.15) is 63.9 Å². The lowest BCUT2D eigenvalue weighted by Gasteiger charge is -2.43. The van der Waals surface area contributed by atoms with Crippen LogP contribution in [0.2, 0.25) is 0 Å². The number of amides is 2. The van der Waals surface area contributed by atoms with E-state index in [1.807, 2.05) is 24.1 Å². The standard InChI is InChI=1S/C27H38FN5O2/c1-16(29-3)25(34)32-24(17-7-5-4-6-8-17)26(35)33-12-11-23-27(33,2)21(15-31-23)20-14-30-22-13-18(28)9-10-19(20)22/h9-10,13-14,16-17,21,23-24,29-31H,4-8,11-12,15H2,1-3H3,(H,32,34)/t16-,21?,23+,24?,27+/m0/s1. The molecule has 3 aliphatic rings. The molecule has 0 bridgehead atoms. The van der Waals surface area contributed by atoms with Crippen molar-refractivity contribution in [3.63, 3.8) is 0 Å². The molecule has 1 aliphatic carbocycles. The molecule has 7 nitrogen and oxygen atoms in total. The summed E-state index contributed by atoms with van der Waals surface area (Å²) in [6.07, 6.45) is 8.18. The minimum atomic E-state index is -0.507. The van der Waals surface area contributed by atoms with Crippen molar-refractivity contribution in [2.75, 3.05) is 20.1 Å². The topological polar surface area (TPSA) is 89.3 Å². The smallest absolute Gasteiger partial charge is 0.245 e. The van der Waals surface area contributed by atoms with Gasteiger partial charge in [-0.15, -0.1) is 0 Å². The number of benzene rings is 1. The molecular weight excluding hydrogens is 445 g/mol. The third-order valence-electron chi connectivity index (χ3n) is 9.03. The van der Waals surface area contributed by atoms with Crippen LogP contribution in [0.5, 0.6) is 0 Å². The first-order valence-electron chi connectivity index (χ1n) is 13.1. The largest absolute Gasteiger partial charge is 0.361 e. The molecule has 2 unspecified atom stereocenters. The van der Waals surface area contributed by atoms with E-state index in [1.165, 1.54) is 18.6 Å². The number of nitrogens with zero attached hydrogens (tertiary/aromatic N) is 1. The Morgan fingerprint density at radius 2 is 1.97 bits per heavy atom. The van der Waals surface area contributed by atoms with Crippen LogP contribution in [0.15, 0.2) is 24.4 Å². The number of carbonyl (C=O) groups excluding carboxylic acids is 2. The molecule has 8 heteroatoms. The summed E-state index contributed by atoms with van der Waals surface area (Å²) in [7, 11) is 1.76. The van der Waals surface area contributed by atoms with Crippen LogP contribution in [0.4, 0.5) is 4.39 Å². The Labute approximate surface area is 206 Å². The molecule has 2 aliphatic heterocycles. The molecule has 190 valence electrons. The number of fused-ring (bicyclic) bond motifs is 2. The molecule has 1 aromatic heterocycles. The van der Waals surface area contributed by atoms with E-state index in [2.05, 4.69) is 27.9 Å². The van der Waals surface area contributed by atoms with E-state index < -0.39 is 11.6 Å². The number of likely N-dealkylation sites (tertiary alicyclic amines) is 1. The number of aromatic amines is 1. The van der Waals surface area contributed by atoms with Crippen molar-refractivity contribution < 1.29 is 14.0 Å². The van der Waals surface area contributed by atoms with Crippen molar-refractivity contribution in [1.82, 2.24) is 25.8 Å². The van der Waals surface area contributed by atoms with Gasteiger partial charge >= 0.3 is 0 Å². The van der Waals surface area contributed by atoms with Crippen LogP contribution in [-0.2, 0) is 9.59 Å². The van der Waals surface area contributed by atoms with Crippen molar-refractivity contribution in [3.8, 4) is 0 Å². The fourth-order valence-electron chi connectivity index (χ4n) is 6.79. The van der Waals surface area contributed by atoms with E-state index >= 15 is 0 Å². The number of carbonyl (C=O) groups is 2. The molecule has 1 saturated carbocycles. The van der Waals surface area contributed by atoms with Crippen LogP contribution < -0.4 is 16.0 Å². The Morgan fingerprint density at radius 1 is 1.20 bits per heavy atom. The normalized spacial score (nSPS) is 28.7. The lowest BCUT2D eigenvalue weighted by atomic mass is 9.78. The monoisotopic (exact) mass is 483 g/mol. The Morgan fingerprint density at radius 3 is 2.71 bits per heavy atom. The average Bonchev–Trinajstić information content (AvgIpc) is 3.52. The van der Waals surface area contributed by atoms with E-state index in [9.17, 15) is 14.0 Å². The number of hydrogen-bond donors (Lipinski definition) is 4.